The van der Waals surface area contributed by atoms with Gasteiger partial charge in [0.25, 0.3) is 0 Å². The third-order valence-electron chi connectivity index (χ3n) is 1.51. The van der Waals surface area contributed by atoms with Gasteiger partial charge < -0.3 is 5.73 Å². The number of halogens is 1. The quantitative estimate of drug-likeness (QED) is 0.755. The maximum atomic E-state index is 8.40. The molecule has 0 aliphatic carbocycles. The summed E-state index contributed by atoms with van der Waals surface area (Å²) in [6.07, 6.45) is 3.43. The summed E-state index contributed by atoms with van der Waals surface area (Å²) in [6.45, 7) is 0. The van der Waals surface area contributed by atoms with Crippen LogP contribution < -0.4 is 5.73 Å². The molecule has 0 amide bonds. The van der Waals surface area contributed by atoms with Crippen molar-refractivity contribution in [2.75, 3.05) is 0 Å². The number of hydrogen-bond acceptors (Lipinski definition) is 3. The van der Waals surface area contributed by atoms with E-state index in [9.17, 15) is 0 Å². The van der Waals surface area contributed by atoms with Crippen molar-refractivity contribution in [3.8, 4) is 6.07 Å². The summed E-state index contributed by atoms with van der Waals surface area (Å²) in [5.74, 6) is 0. The lowest BCUT2D eigenvalue weighted by atomic mass is 10.1. The Hall–Kier alpha value is -1.11. The molecule has 0 bridgehead atoms. The van der Waals surface area contributed by atoms with E-state index in [0.29, 0.717) is 5.02 Å². The lowest BCUT2D eigenvalue weighted by Gasteiger charge is -2.07. The van der Waals surface area contributed by atoms with Gasteiger partial charge in [0.1, 0.15) is 0 Å². The third kappa shape index (κ3) is 1.94. The molecular formula is C8H8ClN3. The van der Waals surface area contributed by atoms with E-state index in [4.69, 9.17) is 22.6 Å². The highest BCUT2D eigenvalue weighted by Gasteiger charge is 2.08. The van der Waals surface area contributed by atoms with Gasteiger partial charge in [0.2, 0.25) is 0 Å². The first-order valence-corrected chi connectivity index (χ1v) is 3.85. The highest BCUT2D eigenvalue weighted by molar-refractivity contribution is 6.31. The molecule has 3 nitrogen and oxygen atoms in total. The van der Waals surface area contributed by atoms with Gasteiger partial charge in [0, 0.05) is 29.0 Å². The molecule has 0 unspecified atom stereocenters. The highest BCUT2D eigenvalue weighted by atomic mass is 35.5. The van der Waals surface area contributed by atoms with Crippen molar-refractivity contribution in [3.63, 3.8) is 0 Å². The zero-order chi connectivity index (χ0) is 8.97. The number of aromatic nitrogens is 1. The van der Waals surface area contributed by atoms with Gasteiger partial charge in [-0.05, 0) is 6.07 Å². The van der Waals surface area contributed by atoms with E-state index in [2.05, 4.69) is 4.98 Å². The van der Waals surface area contributed by atoms with Crippen molar-refractivity contribution < 1.29 is 0 Å². The van der Waals surface area contributed by atoms with Gasteiger partial charge in [-0.3, -0.25) is 4.98 Å². The molecule has 62 valence electrons. The molecule has 0 radical (unpaired) electrons. The van der Waals surface area contributed by atoms with Crippen molar-refractivity contribution in [1.29, 1.82) is 5.26 Å². The molecule has 1 aromatic heterocycles. The maximum absolute atomic E-state index is 8.40. The molecule has 1 aromatic rings. The largest absolute Gasteiger partial charge is 0.323 e. The molecule has 1 heterocycles. The molecular weight excluding hydrogens is 174 g/mol. The van der Waals surface area contributed by atoms with Gasteiger partial charge in [0.15, 0.2) is 0 Å². The highest BCUT2D eigenvalue weighted by Crippen LogP contribution is 2.21. The van der Waals surface area contributed by atoms with Crippen LogP contribution in [-0.4, -0.2) is 4.98 Å². The standard InChI is InChI=1S/C8H8ClN3/c9-7-2-4-12-5-6(7)8(11)1-3-10/h2,4-5,8H,1,11H2/t8-/m0/s1. The minimum atomic E-state index is -0.337. The first-order valence-electron chi connectivity index (χ1n) is 3.47. The second kappa shape index (κ2) is 4.05. The van der Waals surface area contributed by atoms with Gasteiger partial charge >= 0.3 is 0 Å². The summed E-state index contributed by atoms with van der Waals surface area (Å²) < 4.78 is 0. The fraction of sp³-hybridized carbons (Fsp3) is 0.250. The van der Waals surface area contributed by atoms with Crippen LogP contribution in [0.5, 0.6) is 0 Å². The Kier molecular flexibility index (Phi) is 3.03. The van der Waals surface area contributed by atoms with Crippen LogP contribution in [0.25, 0.3) is 0 Å². The van der Waals surface area contributed by atoms with Gasteiger partial charge in [-0.25, -0.2) is 0 Å². The Morgan fingerprint density at radius 3 is 3.08 bits per heavy atom. The number of rotatable bonds is 2. The smallest absolute Gasteiger partial charge is 0.0641 e. The average molecular weight is 182 g/mol. The van der Waals surface area contributed by atoms with Gasteiger partial charge in [-0.1, -0.05) is 11.6 Å². The molecule has 1 atom stereocenters. The number of nitrogens with two attached hydrogens (primary N) is 1. The van der Waals surface area contributed by atoms with Gasteiger partial charge in [-0.15, -0.1) is 0 Å². The van der Waals surface area contributed by atoms with Crippen molar-refractivity contribution in [1.82, 2.24) is 4.98 Å². The molecule has 0 spiro atoms. The molecule has 0 aliphatic rings. The molecule has 2 N–H and O–H groups in total. The Bertz CT molecular complexity index is 305. The fourth-order valence-electron chi connectivity index (χ4n) is 0.871. The third-order valence-corrected chi connectivity index (χ3v) is 1.85. The molecule has 0 saturated carbocycles. The van der Waals surface area contributed by atoms with Crippen LogP contribution in [0.15, 0.2) is 18.5 Å². The lowest BCUT2D eigenvalue weighted by molar-refractivity contribution is 0.744. The van der Waals surface area contributed by atoms with Crippen molar-refractivity contribution in [3.05, 3.63) is 29.0 Å². The number of nitriles is 1. The molecule has 0 fully saturated rings. The van der Waals surface area contributed by atoms with Crippen LogP contribution in [-0.2, 0) is 0 Å². The van der Waals surface area contributed by atoms with Gasteiger partial charge in [0.05, 0.1) is 12.5 Å². The summed E-state index contributed by atoms with van der Waals surface area (Å²) >= 11 is 5.83. The summed E-state index contributed by atoms with van der Waals surface area (Å²) in [6, 6.07) is 3.31. The predicted octanol–water partition coefficient (Wildman–Crippen LogP) is 1.65. The number of nitrogens with zero attached hydrogens (tertiary/aromatic N) is 2. The van der Waals surface area contributed by atoms with Crippen molar-refractivity contribution in [2.45, 2.75) is 12.5 Å². The first kappa shape index (κ1) is 8.98. The molecule has 0 aliphatic heterocycles. The Morgan fingerprint density at radius 2 is 2.50 bits per heavy atom. The molecule has 4 heteroatoms. The number of pyridine rings is 1. The van der Waals surface area contributed by atoms with Crippen LogP contribution >= 0.6 is 11.6 Å². The Labute approximate surface area is 75.8 Å². The molecule has 1 rings (SSSR count). The van der Waals surface area contributed by atoms with E-state index < -0.39 is 0 Å². The van der Waals surface area contributed by atoms with Crippen LogP contribution in [0, 0.1) is 11.3 Å². The first-order chi connectivity index (χ1) is 5.75. The SMILES string of the molecule is N#CC[C@H](N)c1cnccc1Cl. The minimum Gasteiger partial charge on any atom is -0.323 e. The van der Waals surface area contributed by atoms with Crippen molar-refractivity contribution in [2.24, 2.45) is 5.73 Å². The van der Waals surface area contributed by atoms with E-state index in [-0.39, 0.29) is 12.5 Å². The van der Waals surface area contributed by atoms with Crippen LogP contribution in [0.1, 0.15) is 18.0 Å². The second-order valence-corrected chi connectivity index (χ2v) is 2.77. The van der Waals surface area contributed by atoms with E-state index >= 15 is 0 Å². The minimum absolute atomic E-state index is 0.255. The molecule has 0 saturated heterocycles. The zero-order valence-corrected chi connectivity index (χ0v) is 7.12. The van der Waals surface area contributed by atoms with Crippen molar-refractivity contribution >= 4 is 11.6 Å². The van der Waals surface area contributed by atoms with E-state index in [1.165, 1.54) is 0 Å². The summed E-state index contributed by atoms with van der Waals surface area (Å²) in [5, 5.41) is 8.96. The van der Waals surface area contributed by atoms with Crippen LogP contribution in [0.4, 0.5) is 0 Å². The fourth-order valence-corrected chi connectivity index (χ4v) is 1.12. The average Bonchev–Trinajstić information content (AvgIpc) is 2.05. The topological polar surface area (TPSA) is 62.7 Å². The van der Waals surface area contributed by atoms with E-state index in [1.54, 1.807) is 18.5 Å². The van der Waals surface area contributed by atoms with Crippen LogP contribution in [0.3, 0.4) is 0 Å². The second-order valence-electron chi connectivity index (χ2n) is 2.37. The molecule has 0 aromatic carbocycles. The predicted molar refractivity (Wildman–Crippen MR) is 46.4 cm³/mol. The Morgan fingerprint density at radius 1 is 1.75 bits per heavy atom. The molecule has 12 heavy (non-hydrogen) atoms. The summed E-state index contributed by atoms with van der Waals surface area (Å²) in [7, 11) is 0. The van der Waals surface area contributed by atoms with Crippen LogP contribution in [0.2, 0.25) is 5.02 Å². The van der Waals surface area contributed by atoms with E-state index in [0.717, 1.165) is 5.56 Å². The maximum Gasteiger partial charge on any atom is 0.0641 e. The van der Waals surface area contributed by atoms with E-state index in [1.807, 2.05) is 6.07 Å². The summed E-state index contributed by atoms with van der Waals surface area (Å²) in [4.78, 5) is 3.87. The lowest BCUT2D eigenvalue weighted by Crippen LogP contribution is -2.09. The number of hydrogen-bond donors (Lipinski definition) is 1. The zero-order valence-electron chi connectivity index (χ0n) is 6.37. The summed E-state index contributed by atoms with van der Waals surface area (Å²) in [5.41, 5.74) is 6.38. The normalized spacial score (nSPS) is 12.1. The Balaban J connectivity index is 2.88. The monoisotopic (exact) mass is 181 g/mol. The van der Waals surface area contributed by atoms with Gasteiger partial charge in [-0.2, -0.15) is 5.26 Å².